The third-order valence-electron chi connectivity index (χ3n) is 2.62. The molecule has 3 nitrogen and oxygen atoms in total. The first-order chi connectivity index (χ1) is 8.00. The molecule has 0 saturated heterocycles. The Kier molecular flexibility index (Phi) is 5.10. The molecule has 0 aromatic heterocycles. The van der Waals surface area contributed by atoms with E-state index >= 15 is 0 Å². The summed E-state index contributed by atoms with van der Waals surface area (Å²) in [6, 6.07) is 5.87. The number of rotatable bonds is 5. The lowest BCUT2D eigenvalue weighted by atomic mass is 10.0. The van der Waals surface area contributed by atoms with Crippen molar-refractivity contribution in [3.63, 3.8) is 0 Å². The standard InChI is InChI=1S/C13H19FN2O/c1-9(2)12(15)13(17)16-7-6-10-4-3-5-11(14)8-10/h3-5,8-9,12H,6-7,15H2,1-2H3,(H,16,17)/t12-/m1/s1. The van der Waals surface area contributed by atoms with Crippen LogP contribution in [0.25, 0.3) is 0 Å². The molecule has 0 radical (unpaired) electrons. The van der Waals surface area contributed by atoms with E-state index in [-0.39, 0.29) is 17.6 Å². The molecule has 0 aliphatic rings. The Morgan fingerprint density at radius 2 is 2.18 bits per heavy atom. The van der Waals surface area contributed by atoms with Gasteiger partial charge >= 0.3 is 0 Å². The summed E-state index contributed by atoms with van der Waals surface area (Å²) < 4.78 is 12.9. The smallest absolute Gasteiger partial charge is 0.237 e. The van der Waals surface area contributed by atoms with E-state index in [0.29, 0.717) is 13.0 Å². The molecule has 0 heterocycles. The lowest BCUT2D eigenvalue weighted by molar-refractivity contribution is -0.123. The van der Waals surface area contributed by atoms with E-state index in [4.69, 9.17) is 5.73 Å². The SMILES string of the molecule is CC(C)[C@@H](N)C(=O)NCCc1cccc(F)c1. The summed E-state index contributed by atoms with van der Waals surface area (Å²) >= 11 is 0. The Bertz CT molecular complexity index is 379. The lowest BCUT2D eigenvalue weighted by Crippen LogP contribution is -2.44. The Balaban J connectivity index is 2.35. The number of halogens is 1. The average Bonchev–Trinajstić information content (AvgIpc) is 2.27. The van der Waals surface area contributed by atoms with Crippen molar-refractivity contribution < 1.29 is 9.18 Å². The zero-order chi connectivity index (χ0) is 12.8. The Labute approximate surface area is 101 Å². The van der Waals surface area contributed by atoms with Gasteiger partial charge < -0.3 is 11.1 Å². The van der Waals surface area contributed by atoms with E-state index < -0.39 is 6.04 Å². The van der Waals surface area contributed by atoms with Gasteiger partial charge in [0.05, 0.1) is 6.04 Å². The lowest BCUT2D eigenvalue weighted by Gasteiger charge is -2.15. The van der Waals surface area contributed by atoms with E-state index in [1.54, 1.807) is 6.07 Å². The van der Waals surface area contributed by atoms with Crippen LogP contribution in [0.1, 0.15) is 19.4 Å². The van der Waals surface area contributed by atoms with Crippen LogP contribution in [0.3, 0.4) is 0 Å². The molecule has 1 amide bonds. The topological polar surface area (TPSA) is 55.1 Å². The molecule has 0 aliphatic heterocycles. The maximum absolute atomic E-state index is 12.9. The van der Waals surface area contributed by atoms with Crippen molar-refractivity contribution in [3.8, 4) is 0 Å². The minimum absolute atomic E-state index is 0.115. The zero-order valence-electron chi connectivity index (χ0n) is 10.2. The van der Waals surface area contributed by atoms with Gasteiger partial charge in [-0.3, -0.25) is 4.79 Å². The third kappa shape index (κ3) is 4.53. The van der Waals surface area contributed by atoms with Crippen LogP contribution < -0.4 is 11.1 Å². The van der Waals surface area contributed by atoms with E-state index in [2.05, 4.69) is 5.32 Å². The van der Waals surface area contributed by atoms with Gasteiger partial charge in [-0.2, -0.15) is 0 Å². The largest absolute Gasteiger partial charge is 0.354 e. The van der Waals surface area contributed by atoms with Crippen LogP contribution in [0.15, 0.2) is 24.3 Å². The van der Waals surface area contributed by atoms with Crippen molar-refractivity contribution in [2.45, 2.75) is 26.3 Å². The summed E-state index contributed by atoms with van der Waals surface area (Å²) in [6.45, 7) is 4.27. The highest BCUT2D eigenvalue weighted by Gasteiger charge is 2.16. The van der Waals surface area contributed by atoms with Gasteiger partial charge in [-0.1, -0.05) is 26.0 Å². The number of hydrogen-bond donors (Lipinski definition) is 2. The predicted octanol–water partition coefficient (Wildman–Crippen LogP) is 1.47. The Morgan fingerprint density at radius 1 is 1.47 bits per heavy atom. The molecule has 17 heavy (non-hydrogen) atoms. The monoisotopic (exact) mass is 238 g/mol. The molecule has 1 aromatic carbocycles. The minimum atomic E-state index is -0.484. The van der Waals surface area contributed by atoms with Gasteiger partial charge in [-0.05, 0) is 30.0 Å². The van der Waals surface area contributed by atoms with Crippen LogP contribution in [0.4, 0.5) is 4.39 Å². The van der Waals surface area contributed by atoms with Crippen molar-refractivity contribution in [1.29, 1.82) is 0 Å². The molecule has 1 rings (SSSR count). The van der Waals surface area contributed by atoms with Gasteiger partial charge in [-0.15, -0.1) is 0 Å². The molecule has 94 valence electrons. The summed E-state index contributed by atoms with van der Waals surface area (Å²) in [5, 5.41) is 2.75. The minimum Gasteiger partial charge on any atom is -0.354 e. The second-order valence-corrected chi connectivity index (χ2v) is 4.44. The highest BCUT2D eigenvalue weighted by Crippen LogP contribution is 2.04. The van der Waals surface area contributed by atoms with Gasteiger partial charge in [0.1, 0.15) is 5.82 Å². The summed E-state index contributed by atoms with van der Waals surface area (Å²) in [4.78, 5) is 11.5. The van der Waals surface area contributed by atoms with Crippen molar-refractivity contribution in [2.24, 2.45) is 11.7 Å². The first kappa shape index (κ1) is 13.6. The normalized spacial score (nSPS) is 12.5. The predicted molar refractivity (Wildman–Crippen MR) is 65.9 cm³/mol. The number of amides is 1. The highest BCUT2D eigenvalue weighted by molar-refractivity contribution is 5.81. The van der Waals surface area contributed by atoms with Crippen LogP contribution in [-0.4, -0.2) is 18.5 Å². The molecule has 0 spiro atoms. The summed E-state index contributed by atoms with van der Waals surface area (Å²) in [6.07, 6.45) is 0.605. The fourth-order valence-electron chi connectivity index (χ4n) is 1.44. The molecule has 1 aromatic rings. The molecule has 4 heteroatoms. The summed E-state index contributed by atoms with van der Waals surface area (Å²) in [7, 11) is 0. The number of benzene rings is 1. The van der Waals surface area contributed by atoms with Crippen molar-refractivity contribution >= 4 is 5.91 Å². The molecule has 0 saturated carbocycles. The number of hydrogen-bond acceptors (Lipinski definition) is 2. The van der Waals surface area contributed by atoms with E-state index in [0.717, 1.165) is 5.56 Å². The quantitative estimate of drug-likeness (QED) is 0.816. The van der Waals surface area contributed by atoms with Crippen LogP contribution >= 0.6 is 0 Å². The van der Waals surface area contributed by atoms with Gasteiger partial charge in [0.15, 0.2) is 0 Å². The van der Waals surface area contributed by atoms with Crippen LogP contribution in [0.2, 0.25) is 0 Å². The third-order valence-corrected chi connectivity index (χ3v) is 2.62. The maximum atomic E-state index is 12.9. The van der Waals surface area contributed by atoms with Crippen molar-refractivity contribution in [2.75, 3.05) is 6.54 Å². The molecular weight excluding hydrogens is 219 g/mol. The number of carbonyl (C=O) groups excluding carboxylic acids is 1. The molecular formula is C13H19FN2O. The zero-order valence-corrected chi connectivity index (χ0v) is 10.2. The van der Waals surface area contributed by atoms with Crippen molar-refractivity contribution in [3.05, 3.63) is 35.6 Å². The van der Waals surface area contributed by atoms with E-state index in [1.165, 1.54) is 12.1 Å². The number of carbonyl (C=O) groups is 1. The summed E-state index contributed by atoms with van der Waals surface area (Å²) in [5.41, 5.74) is 6.56. The maximum Gasteiger partial charge on any atom is 0.237 e. The molecule has 0 unspecified atom stereocenters. The van der Waals surface area contributed by atoms with Gasteiger partial charge in [-0.25, -0.2) is 4.39 Å². The van der Waals surface area contributed by atoms with Gasteiger partial charge in [0.25, 0.3) is 0 Å². The molecule has 3 N–H and O–H groups in total. The van der Waals surface area contributed by atoms with Crippen LogP contribution in [0, 0.1) is 11.7 Å². The first-order valence-electron chi connectivity index (χ1n) is 5.78. The average molecular weight is 238 g/mol. The van der Waals surface area contributed by atoms with E-state index in [9.17, 15) is 9.18 Å². The number of nitrogens with one attached hydrogen (secondary N) is 1. The van der Waals surface area contributed by atoms with Crippen LogP contribution in [0.5, 0.6) is 0 Å². The first-order valence-corrected chi connectivity index (χ1v) is 5.78. The van der Waals surface area contributed by atoms with Crippen LogP contribution in [-0.2, 0) is 11.2 Å². The number of nitrogens with two attached hydrogens (primary N) is 1. The molecule has 0 fully saturated rings. The fourth-order valence-corrected chi connectivity index (χ4v) is 1.44. The van der Waals surface area contributed by atoms with E-state index in [1.807, 2.05) is 19.9 Å². The Hall–Kier alpha value is -1.42. The second-order valence-electron chi connectivity index (χ2n) is 4.44. The molecule has 0 aliphatic carbocycles. The second kappa shape index (κ2) is 6.35. The molecule has 0 bridgehead atoms. The Morgan fingerprint density at radius 3 is 2.76 bits per heavy atom. The van der Waals surface area contributed by atoms with Gasteiger partial charge in [0, 0.05) is 6.54 Å². The molecule has 1 atom stereocenters. The summed E-state index contributed by atoms with van der Waals surface area (Å²) in [5.74, 6) is -0.298. The highest BCUT2D eigenvalue weighted by atomic mass is 19.1. The van der Waals surface area contributed by atoms with Gasteiger partial charge in [0.2, 0.25) is 5.91 Å². The van der Waals surface area contributed by atoms with Crippen molar-refractivity contribution in [1.82, 2.24) is 5.32 Å². The fraction of sp³-hybridized carbons (Fsp3) is 0.462.